The van der Waals surface area contributed by atoms with E-state index in [-0.39, 0.29) is 0 Å². The summed E-state index contributed by atoms with van der Waals surface area (Å²) in [4.78, 5) is 12.5. The summed E-state index contributed by atoms with van der Waals surface area (Å²) in [7, 11) is 0. The second kappa shape index (κ2) is 12.5. The summed E-state index contributed by atoms with van der Waals surface area (Å²) < 4.78 is 25.8. The number of alkyl halides is 1. The number of allylic oxidation sites excluding steroid dienone is 2. The molecule has 4 rings (SSSR count). The van der Waals surface area contributed by atoms with Crippen LogP contribution in [0.1, 0.15) is 66.9 Å². The van der Waals surface area contributed by atoms with Gasteiger partial charge in [0.15, 0.2) is 0 Å². The molecule has 2 unspecified atom stereocenters. The van der Waals surface area contributed by atoms with Crippen molar-refractivity contribution in [1.29, 1.82) is 0 Å². The molecule has 0 fully saturated rings. The number of carbonyl (C=O) groups is 1. The van der Waals surface area contributed by atoms with E-state index in [0.717, 1.165) is 36.1 Å². The predicted molar refractivity (Wildman–Crippen MR) is 143 cm³/mol. The third-order valence-electron chi connectivity index (χ3n) is 6.95. The van der Waals surface area contributed by atoms with Gasteiger partial charge in [0.1, 0.15) is 17.7 Å². The third kappa shape index (κ3) is 7.07. The molecule has 0 bridgehead atoms. The summed E-state index contributed by atoms with van der Waals surface area (Å²) in [6, 6.07) is 24.9. The summed E-state index contributed by atoms with van der Waals surface area (Å²) in [5, 5.41) is 0. The summed E-state index contributed by atoms with van der Waals surface area (Å²) in [6.45, 7) is 4.74. The summed E-state index contributed by atoms with van der Waals surface area (Å²) in [5.41, 5.74) is 3.82. The topological polar surface area (TPSA) is 35.5 Å². The van der Waals surface area contributed by atoms with Gasteiger partial charge in [0.05, 0.1) is 12.2 Å². The molecule has 0 N–H and O–H groups in total. The van der Waals surface area contributed by atoms with Gasteiger partial charge in [-0.15, -0.1) is 0 Å². The monoisotopic (exact) mass is 486 g/mol. The van der Waals surface area contributed by atoms with Crippen molar-refractivity contribution in [3.05, 3.63) is 107 Å². The van der Waals surface area contributed by atoms with Gasteiger partial charge in [-0.3, -0.25) is 0 Å². The Kier molecular flexibility index (Phi) is 8.94. The second-order valence-corrected chi connectivity index (χ2v) is 9.62. The smallest absolute Gasteiger partial charge is 0.343 e. The van der Waals surface area contributed by atoms with Crippen LogP contribution in [0.3, 0.4) is 0 Å². The minimum absolute atomic E-state index is 0.389. The van der Waals surface area contributed by atoms with Gasteiger partial charge in [-0.25, -0.2) is 9.18 Å². The van der Waals surface area contributed by atoms with Crippen LogP contribution in [0.2, 0.25) is 0 Å². The highest BCUT2D eigenvalue weighted by Gasteiger charge is 2.25. The van der Waals surface area contributed by atoms with Crippen LogP contribution in [0.5, 0.6) is 11.5 Å². The van der Waals surface area contributed by atoms with Crippen molar-refractivity contribution in [1.82, 2.24) is 0 Å². The number of esters is 1. The van der Waals surface area contributed by atoms with Crippen LogP contribution >= 0.6 is 0 Å². The molecule has 0 heterocycles. The van der Waals surface area contributed by atoms with E-state index < -0.39 is 12.1 Å². The first-order valence-corrected chi connectivity index (χ1v) is 12.9. The molecule has 3 aromatic carbocycles. The number of hydrogen-bond acceptors (Lipinski definition) is 3. The van der Waals surface area contributed by atoms with Crippen LogP contribution in [0.25, 0.3) is 0 Å². The van der Waals surface area contributed by atoms with E-state index in [0.29, 0.717) is 42.6 Å². The Labute approximate surface area is 214 Å². The maximum Gasteiger partial charge on any atom is 0.343 e. The molecule has 4 heteroatoms. The number of benzene rings is 3. The summed E-state index contributed by atoms with van der Waals surface area (Å²) >= 11 is 0. The molecular formula is C32H35FO3. The fourth-order valence-corrected chi connectivity index (χ4v) is 4.89. The van der Waals surface area contributed by atoms with Crippen LogP contribution in [-0.4, -0.2) is 18.7 Å². The van der Waals surface area contributed by atoms with Gasteiger partial charge in [-0.1, -0.05) is 55.5 Å². The lowest BCUT2D eigenvalue weighted by Crippen LogP contribution is -2.19. The molecule has 0 aromatic heterocycles. The van der Waals surface area contributed by atoms with Crippen molar-refractivity contribution >= 4 is 5.97 Å². The molecule has 1 aliphatic rings. The lowest BCUT2D eigenvalue weighted by atomic mass is 9.80. The highest BCUT2D eigenvalue weighted by Crippen LogP contribution is 2.35. The first kappa shape index (κ1) is 25.7. The molecule has 0 spiro atoms. The van der Waals surface area contributed by atoms with E-state index in [1.54, 1.807) is 36.4 Å². The van der Waals surface area contributed by atoms with Crippen molar-refractivity contribution in [3.8, 4) is 11.5 Å². The minimum Gasteiger partial charge on any atom is -0.494 e. The molecule has 0 aliphatic heterocycles. The largest absolute Gasteiger partial charge is 0.494 e. The molecule has 0 amide bonds. The van der Waals surface area contributed by atoms with Crippen LogP contribution in [-0.2, 0) is 6.42 Å². The fourth-order valence-electron chi connectivity index (χ4n) is 4.89. The van der Waals surface area contributed by atoms with Crippen LogP contribution in [0.15, 0.2) is 90.5 Å². The Hall–Kier alpha value is -3.40. The van der Waals surface area contributed by atoms with E-state index in [1.807, 2.05) is 25.1 Å². The molecule has 3 nitrogen and oxygen atoms in total. The SMILES string of the molecule is CCOc1ccc(OC(=O)c2ccc(CCC3=CCC(C[C@@H](C)c4ccccc4)CC3F)cc2)cc1. The molecule has 188 valence electrons. The van der Waals surface area contributed by atoms with Gasteiger partial charge in [0.25, 0.3) is 0 Å². The van der Waals surface area contributed by atoms with Crippen LogP contribution < -0.4 is 9.47 Å². The third-order valence-corrected chi connectivity index (χ3v) is 6.95. The predicted octanol–water partition coefficient (Wildman–Crippen LogP) is 8.11. The van der Waals surface area contributed by atoms with Crippen molar-refractivity contribution in [3.63, 3.8) is 0 Å². The van der Waals surface area contributed by atoms with Crippen molar-refractivity contribution in [2.45, 2.75) is 58.0 Å². The fraction of sp³-hybridized carbons (Fsp3) is 0.344. The lowest BCUT2D eigenvalue weighted by molar-refractivity contribution is 0.0734. The van der Waals surface area contributed by atoms with Gasteiger partial charge in [0.2, 0.25) is 0 Å². The summed E-state index contributed by atoms with van der Waals surface area (Å²) in [5.74, 6) is 1.64. The van der Waals surface area contributed by atoms with E-state index in [2.05, 4.69) is 37.3 Å². The van der Waals surface area contributed by atoms with Gasteiger partial charge in [-0.2, -0.15) is 0 Å². The lowest BCUT2D eigenvalue weighted by Gasteiger charge is -2.27. The second-order valence-electron chi connectivity index (χ2n) is 9.62. The zero-order chi connectivity index (χ0) is 25.3. The number of carbonyl (C=O) groups excluding carboxylic acids is 1. The van der Waals surface area contributed by atoms with Gasteiger partial charge in [0, 0.05) is 0 Å². The zero-order valence-electron chi connectivity index (χ0n) is 21.2. The Bertz CT molecular complexity index is 1140. The molecule has 3 aromatic rings. The van der Waals surface area contributed by atoms with Crippen molar-refractivity contribution in [2.75, 3.05) is 6.61 Å². The number of ether oxygens (including phenoxy) is 2. The van der Waals surface area contributed by atoms with Gasteiger partial charge in [-0.05, 0) is 104 Å². The number of aryl methyl sites for hydroxylation is 1. The zero-order valence-corrected chi connectivity index (χ0v) is 21.2. The maximum absolute atomic E-state index is 15.0. The Balaban J connectivity index is 1.25. The van der Waals surface area contributed by atoms with Crippen LogP contribution in [0, 0.1) is 5.92 Å². The quantitative estimate of drug-likeness (QED) is 0.165. The average molecular weight is 487 g/mol. The van der Waals surface area contributed by atoms with E-state index >= 15 is 0 Å². The van der Waals surface area contributed by atoms with Crippen molar-refractivity contribution < 1.29 is 18.7 Å². The van der Waals surface area contributed by atoms with E-state index in [9.17, 15) is 9.18 Å². The number of halogens is 1. The molecule has 0 saturated heterocycles. The number of rotatable bonds is 10. The normalized spacial score (nSPS) is 18.2. The molecule has 0 radical (unpaired) electrons. The molecule has 36 heavy (non-hydrogen) atoms. The van der Waals surface area contributed by atoms with E-state index in [1.165, 1.54) is 5.56 Å². The Morgan fingerprint density at radius 1 is 0.944 bits per heavy atom. The molecule has 0 saturated carbocycles. The first-order valence-electron chi connectivity index (χ1n) is 12.9. The Morgan fingerprint density at radius 2 is 1.64 bits per heavy atom. The first-order chi connectivity index (χ1) is 17.5. The van der Waals surface area contributed by atoms with Gasteiger partial charge >= 0.3 is 5.97 Å². The molecular weight excluding hydrogens is 451 g/mol. The highest BCUT2D eigenvalue weighted by atomic mass is 19.1. The molecule has 1 aliphatic carbocycles. The van der Waals surface area contributed by atoms with Crippen molar-refractivity contribution in [2.24, 2.45) is 5.92 Å². The standard InChI is InChI=1S/C32H35FO3/c1-3-35-29-17-19-30(20-18-29)36-32(34)28-15-10-24(11-16-28)9-13-27-14-12-25(22-31(27)33)21-23(2)26-7-5-4-6-8-26/h4-8,10-11,14-20,23,25,31H,3,9,12-13,21-22H2,1-2H3/t23-,25?,31?/m1/s1. The highest BCUT2D eigenvalue weighted by molar-refractivity contribution is 5.91. The van der Waals surface area contributed by atoms with E-state index in [4.69, 9.17) is 9.47 Å². The maximum atomic E-state index is 15.0. The van der Waals surface area contributed by atoms with Gasteiger partial charge < -0.3 is 9.47 Å². The van der Waals surface area contributed by atoms with Crippen LogP contribution in [0.4, 0.5) is 4.39 Å². The Morgan fingerprint density at radius 3 is 2.31 bits per heavy atom. The summed E-state index contributed by atoms with van der Waals surface area (Å²) in [6.07, 6.45) is 5.29. The number of hydrogen-bond donors (Lipinski definition) is 0. The average Bonchev–Trinajstić information content (AvgIpc) is 2.90. The minimum atomic E-state index is -0.866. The molecule has 3 atom stereocenters.